The van der Waals surface area contributed by atoms with Gasteiger partial charge in [0, 0.05) is 19.2 Å². The van der Waals surface area contributed by atoms with Gasteiger partial charge in [-0.05, 0) is 38.0 Å². The lowest BCUT2D eigenvalue weighted by Crippen LogP contribution is -2.28. The van der Waals surface area contributed by atoms with Gasteiger partial charge in [0.25, 0.3) is 15.7 Å². The van der Waals surface area contributed by atoms with Crippen LogP contribution in [0.4, 0.5) is 11.4 Å². The van der Waals surface area contributed by atoms with Crippen LogP contribution in [0.1, 0.15) is 16.7 Å². The van der Waals surface area contributed by atoms with Crippen LogP contribution >= 0.6 is 0 Å². The van der Waals surface area contributed by atoms with Gasteiger partial charge in [-0.15, -0.1) is 0 Å². The van der Waals surface area contributed by atoms with E-state index in [1.165, 1.54) is 29.6 Å². The molecule has 0 aliphatic carbocycles. The highest BCUT2D eigenvalue weighted by Crippen LogP contribution is 2.30. The lowest BCUT2D eigenvalue weighted by Gasteiger charge is -2.23. The molecule has 2 aromatic rings. The molecular formula is C16H18N2O4S. The minimum Gasteiger partial charge on any atom is -0.269 e. The van der Waals surface area contributed by atoms with Crippen molar-refractivity contribution < 1.29 is 13.3 Å². The van der Waals surface area contributed by atoms with Gasteiger partial charge in [-0.25, -0.2) is 8.42 Å². The van der Waals surface area contributed by atoms with E-state index in [4.69, 9.17) is 0 Å². The Kier molecular flexibility index (Phi) is 4.42. The van der Waals surface area contributed by atoms with E-state index < -0.39 is 14.9 Å². The first-order valence-corrected chi connectivity index (χ1v) is 8.40. The molecule has 0 saturated carbocycles. The molecule has 0 heterocycles. The molecule has 0 amide bonds. The summed E-state index contributed by atoms with van der Waals surface area (Å²) in [4.78, 5) is 10.1. The van der Waals surface area contributed by atoms with Crippen molar-refractivity contribution in [1.82, 2.24) is 0 Å². The standard InChI is InChI=1S/C16H18N2O4S/c1-11-8-12(2)16(13(3)9-11)17(4)23(21,22)15-7-5-6-14(10-15)18(19)20/h5-10H,1-4H3. The van der Waals surface area contributed by atoms with Crippen LogP contribution in [0.2, 0.25) is 0 Å². The zero-order chi connectivity index (χ0) is 17.4. The molecule has 2 aromatic carbocycles. The summed E-state index contributed by atoms with van der Waals surface area (Å²) >= 11 is 0. The fraction of sp³-hybridized carbons (Fsp3) is 0.250. The number of nitrogens with zero attached hydrogens (tertiary/aromatic N) is 2. The molecule has 0 aliphatic rings. The Hall–Kier alpha value is -2.41. The topological polar surface area (TPSA) is 80.5 Å². The van der Waals surface area contributed by atoms with E-state index >= 15 is 0 Å². The van der Waals surface area contributed by atoms with E-state index in [9.17, 15) is 18.5 Å². The molecule has 0 fully saturated rings. The van der Waals surface area contributed by atoms with Gasteiger partial charge in [0.15, 0.2) is 0 Å². The molecule has 0 N–H and O–H groups in total. The summed E-state index contributed by atoms with van der Waals surface area (Å²) in [6, 6.07) is 8.88. The third-order valence-electron chi connectivity index (χ3n) is 3.64. The molecule has 0 spiro atoms. The highest BCUT2D eigenvalue weighted by molar-refractivity contribution is 7.92. The van der Waals surface area contributed by atoms with Gasteiger partial charge in [0.2, 0.25) is 0 Å². The van der Waals surface area contributed by atoms with E-state index in [0.29, 0.717) is 5.69 Å². The number of non-ortho nitro benzene ring substituents is 1. The fourth-order valence-corrected chi connectivity index (χ4v) is 4.07. The van der Waals surface area contributed by atoms with Crippen LogP contribution in [0.5, 0.6) is 0 Å². The number of aryl methyl sites for hydroxylation is 3. The van der Waals surface area contributed by atoms with Gasteiger partial charge in [0.1, 0.15) is 0 Å². The van der Waals surface area contributed by atoms with Crippen LogP contribution in [0.3, 0.4) is 0 Å². The first-order chi connectivity index (χ1) is 10.6. The molecule has 0 bridgehead atoms. The lowest BCUT2D eigenvalue weighted by molar-refractivity contribution is -0.385. The van der Waals surface area contributed by atoms with E-state index in [0.717, 1.165) is 22.8 Å². The molecular weight excluding hydrogens is 316 g/mol. The van der Waals surface area contributed by atoms with E-state index in [1.807, 2.05) is 32.9 Å². The SMILES string of the molecule is Cc1cc(C)c(N(C)S(=O)(=O)c2cccc([N+](=O)[O-])c2)c(C)c1. The summed E-state index contributed by atoms with van der Waals surface area (Å²) in [7, 11) is -2.42. The number of sulfonamides is 1. The first kappa shape index (κ1) is 17.0. The molecule has 0 saturated heterocycles. The van der Waals surface area contributed by atoms with Crippen molar-refractivity contribution in [3.63, 3.8) is 0 Å². The zero-order valence-electron chi connectivity index (χ0n) is 13.4. The largest absolute Gasteiger partial charge is 0.270 e. The lowest BCUT2D eigenvalue weighted by atomic mass is 10.1. The normalized spacial score (nSPS) is 11.3. The average molecular weight is 334 g/mol. The minimum atomic E-state index is -3.88. The van der Waals surface area contributed by atoms with Crippen molar-refractivity contribution in [3.8, 4) is 0 Å². The summed E-state index contributed by atoms with van der Waals surface area (Å²) in [6.07, 6.45) is 0. The second-order valence-corrected chi connectivity index (χ2v) is 7.44. The van der Waals surface area contributed by atoms with Crippen LogP contribution in [-0.4, -0.2) is 20.4 Å². The summed E-state index contributed by atoms with van der Waals surface area (Å²) < 4.78 is 26.8. The number of anilines is 1. The number of nitro benzene ring substituents is 1. The number of rotatable bonds is 4. The average Bonchev–Trinajstić information content (AvgIpc) is 2.46. The van der Waals surface area contributed by atoms with Crippen LogP contribution < -0.4 is 4.31 Å². The molecule has 6 nitrogen and oxygen atoms in total. The first-order valence-electron chi connectivity index (χ1n) is 6.96. The molecule has 0 radical (unpaired) electrons. The van der Waals surface area contributed by atoms with Gasteiger partial charge in [0.05, 0.1) is 15.5 Å². The summed E-state index contributed by atoms with van der Waals surface area (Å²) in [5.74, 6) is 0. The summed E-state index contributed by atoms with van der Waals surface area (Å²) in [6.45, 7) is 5.63. The Morgan fingerprint density at radius 1 is 1.04 bits per heavy atom. The third-order valence-corrected chi connectivity index (χ3v) is 5.39. The van der Waals surface area contributed by atoms with Crippen LogP contribution in [-0.2, 0) is 10.0 Å². The van der Waals surface area contributed by atoms with Gasteiger partial charge < -0.3 is 0 Å². The molecule has 0 unspecified atom stereocenters. The molecule has 122 valence electrons. The van der Waals surface area contributed by atoms with Crippen molar-refractivity contribution in [3.05, 3.63) is 63.2 Å². The van der Waals surface area contributed by atoms with Gasteiger partial charge in [-0.2, -0.15) is 0 Å². The molecule has 0 atom stereocenters. The maximum absolute atomic E-state index is 12.8. The second kappa shape index (κ2) is 6.00. The van der Waals surface area contributed by atoms with Crippen LogP contribution in [0.15, 0.2) is 41.3 Å². The number of hydrogen-bond donors (Lipinski definition) is 0. The Labute approximate surface area is 135 Å². The number of hydrogen-bond acceptors (Lipinski definition) is 4. The predicted molar refractivity (Wildman–Crippen MR) is 89.3 cm³/mol. The second-order valence-electron chi connectivity index (χ2n) is 5.47. The molecule has 0 aliphatic heterocycles. The third kappa shape index (κ3) is 3.19. The Bertz CT molecular complexity index is 852. The van der Waals surface area contributed by atoms with E-state index in [2.05, 4.69) is 0 Å². The maximum Gasteiger partial charge on any atom is 0.270 e. The highest BCUT2D eigenvalue weighted by atomic mass is 32.2. The molecule has 2 rings (SSSR count). The highest BCUT2D eigenvalue weighted by Gasteiger charge is 2.25. The maximum atomic E-state index is 12.8. The Balaban J connectivity index is 2.56. The van der Waals surface area contributed by atoms with Crippen molar-refractivity contribution in [2.75, 3.05) is 11.4 Å². The summed E-state index contributed by atoms with van der Waals surface area (Å²) in [5, 5.41) is 10.9. The molecule has 0 aromatic heterocycles. The number of benzene rings is 2. The molecule has 7 heteroatoms. The quantitative estimate of drug-likeness (QED) is 0.634. The monoisotopic (exact) mass is 334 g/mol. The molecule has 23 heavy (non-hydrogen) atoms. The smallest absolute Gasteiger partial charge is 0.269 e. The Morgan fingerprint density at radius 2 is 1.61 bits per heavy atom. The minimum absolute atomic E-state index is 0.103. The van der Waals surface area contributed by atoms with Crippen molar-refractivity contribution in [2.45, 2.75) is 25.7 Å². The Morgan fingerprint density at radius 3 is 2.13 bits per heavy atom. The zero-order valence-corrected chi connectivity index (χ0v) is 14.2. The predicted octanol–water partition coefficient (Wildman–Crippen LogP) is 3.35. The van der Waals surface area contributed by atoms with Crippen molar-refractivity contribution in [2.24, 2.45) is 0 Å². The van der Waals surface area contributed by atoms with E-state index in [1.54, 1.807) is 0 Å². The van der Waals surface area contributed by atoms with Gasteiger partial charge >= 0.3 is 0 Å². The fourth-order valence-electron chi connectivity index (χ4n) is 2.70. The van der Waals surface area contributed by atoms with Crippen molar-refractivity contribution in [1.29, 1.82) is 0 Å². The van der Waals surface area contributed by atoms with Gasteiger partial charge in [-0.1, -0.05) is 23.8 Å². The van der Waals surface area contributed by atoms with Crippen LogP contribution in [0.25, 0.3) is 0 Å². The number of nitro groups is 1. The van der Waals surface area contributed by atoms with Crippen LogP contribution in [0, 0.1) is 30.9 Å². The van der Waals surface area contributed by atoms with E-state index in [-0.39, 0.29) is 10.6 Å². The van der Waals surface area contributed by atoms with Gasteiger partial charge in [-0.3, -0.25) is 14.4 Å². The van der Waals surface area contributed by atoms with Crippen molar-refractivity contribution >= 4 is 21.4 Å². The summed E-state index contributed by atoms with van der Waals surface area (Å²) in [5.41, 5.74) is 3.04.